The van der Waals surface area contributed by atoms with Crippen LogP contribution in [0.4, 0.5) is 0 Å². The molecule has 0 aromatic rings. The first-order valence-electron chi connectivity index (χ1n) is 6.04. The zero-order valence-corrected chi connectivity index (χ0v) is 11.8. The first kappa shape index (κ1) is 15.3. The number of hydrogen-bond donors (Lipinski definition) is 1. The molecule has 0 aliphatic heterocycles. The van der Waals surface area contributed by atoms with Crippen molar-refractivity contribution in [3.05, 3.63) is 0 Å². The van der Waals surface area contributed by atoms with Crippen LogP contribution in [-0.2, 0) is 0 Å². The van der Waals surface area contributed by atoms with Gasteiger partial charge >= 0.3 is 0 Å². The Bertz CT molecular complexity index is 151. The van der Waals surface area contributed by atoms with Crippen LogP contribution in [0, 0.1) is 5.92 Å². The molecule has 0 bridgehead atoms. The van der Waals surface area contributed by atoms with E-state index in [1.165, 1.54) is 17.9 Å². The number of likely N-dealkylation sites (N-methyl/N-ethyl adjacent to an activating group) is 1. The van der Waals surface area contributed by atoms with E-state index in [-0.39, 0.29) is 0 Å². The van der Waals surface area contributed by atoms with Gasteiger partial charge < -0.3 is 5.73 Å². The molecular weight excluding hydrogens is 204 g/mol. The third kappa shape index (κ3) is 5.79. The maximum atomic E-state index is 5.84. The molecule has 2 N–H and O–H groups in total. The Kier molecular flexibility index (Phi) is 8.58. The third-order valence-corrected chi connectivity index (χ3v) is 4.19. The van der Waals surface area contributed by atoms with Crippen LogP contribution in [0.15, 0.2) is 0 Å². The number of rotatable bonds is 8. The molecule has 2 atom stereocenters. The van der Waals surface area contributed by atoms with Gasteiger partial charge in [-0.2, -0.15) is 11.8 Å². The third-order valence-electron chi connectivity index (χ3n) is 3.25. The van der Waals surface area contributed by atoms with Gasteiger partial charge in [-0.3, -0.25) is 4.90 Å². The van der Waals surface area contributed by atoms with E-state index in [0.717, 1.165) is 6.54 Å². The van der Waals surface area contributed by atoms with Gasteiger partial charge in [-0.15, -0.1) is 0 Å². The fraction of sp³-hybridized carbons (Fsp3) is 1.00. The van der Waals surface area contributed by atoms with Gasteiger partial charge in [0.1, 0.15) is 0 Å². The lowest BCUT2D eigenvalue weighted by molar-refractivity contribution is 0.149. The molecule has 0 rings (SSSR count). The molecule has 2 unspecified atom stereocenters. The Morgan fingerprint density at radius 2 is 1.87 bits per heavy atom. The molecule has 3 heteroatoms. The number of nitrogens with zero attached hydrogens (tertiary/aromatic N) is 1. The van der Waals surface area contributed by atoms with Gasteiger partial charge in [0.15, 0.2) is 0 Å². The smallest absolute Gasteiger partial charge is 0.0226 e. The molecule has 0 saturated carbocycles. The average Bonchev–Trinajstić information content (AvgIpc) is 2.22. The summed E-state index contributed by atoms with van der Waals surface area (Å²) in [5.41, 5.74) is 5.84. The normalized spacial score (nSPS) is 16.0. The van der Waals surface area contributed by atoms with Gasteiger partial charge in [-0.1, -0.05) is 20.8 Å². The number of thioether (sulfide) groups is 1. The Balaban J connectivity index is 4.03. The molecule has 0 amide bonds. The van der Waals surface area contributed by atoms with E-state index >= 15 is 0 Å². The molecule has 0 heterocycles. The molecule has 0 aromatic heterocycles. The summed E-state index contributed by atoms with van der Waals surface area (Å²) >= 11 is 2.01. The molecule has 0 radical (unpaired) electrons. The van der Waals surface area contributed by atoms with Crippen LogP contribution in [0.5, 0.6) is 0 Å². The molecule has 15 heavy (non-hydrogen) atoms. The summed E-state index contributed by atoms with van der Waals surface area (Å²) in [6, 6.07) is 1.16. The standard InChI is InChI=1S/C12H28N2S/c1-6-15-8-7-12(9-13)14(5)11(4)10(2)3/h10-12H,6-9,13H2,1-5H3. The topological polar surface area (TPSA) is 29.3 Å². The number of nitrogens with two attached hydrogens (primary N) is 1. The molecule has 0 aliphatic carbocycles. The Labute approximate surface area is 100.0 Å². The monoisotopic (exact) mass is 232 g/mol. The van der Waals surface area contributed by atoms with E-state index in [1.807, 2.05) is 11.8 Å². The second kappa shape index (κ2) is 8.43. The van der Waals surface area contributed by atoms with Crippen molar-refractivity contribution >= 4 is 11.8 Å². The zero-order valence-electron chi connectivity index (χ0n) is 11.0. The minimum atomic E-state index is 0.543. The summed E-state index contributed by atoms with van der Waals surface area (Å²) in [6.45, 7) is 9.83. The quantitative estimate of drug-likeness (QED) is 0.652. The highest BCUT2D eigenvalue weighted by Gasteiger charge is 2.20. The summed E-state index contributed by atoms with van der Waals surface area (Å²) < 4.78 is 0. The molecule has 2 nitrogen and oxygen atoms in total. The van der Waals surface area contributed by atoms with Crippen molar-refractivity contribution in [2.24, 2.45) is 11.7 Å². The van der Waals surface area contributed by atoms with E-state index in [2.05, 4.69) is 39.6 Å². The van der Waals surface area contributed by atoms with Crippen molar-refractivity contribution < 1.29 is 0 Å². The van der Waals surface area contributed by atoms with Crippen molar-refractivity contribution in [1.29, 1.82) is 0 Å². The molecule has 92 valence electrons. The van der Waals surface area contributed by atoms with E-state index < -0.39 is 0 Å². The van der Waals surface area contributed by atoms with Crippen LogP contribution in [0.1, 0.15) is 34.1 Å². The highest BCUT2D eigenvalue weighted by Crippen LogP contribution is 2.15. The lowest BCUT2D eigenvalue weighted by Gasteiger charge is -2.34. The predicted molar refractivity (Wildman–Crippen MR) is 72.5 cm³/mol. The Morgan fingerprint density at radius 1 is 1.27 bits per heavy atom. The fourth-order valence-corrected chi connectivity index (χ4v) is 2.38. The maximum absolute atomic E-state index is 5.84. The highest BCUT2D eigenvalue weighted by atomic mass is 32.2. The van der Waals surface area contributed by atoms with Crippen LogP contribution in [0.2, 0.25) is 0 Å². The van der Waals surface area contributed by atoms with Gasteiger partial charge in [-0.25, -0.2) is 0 Å². The van der Waals surface area contributed by atoms with Gasteiger partial charge in [0.25, 0.3) is 0 Å². The van der Waals surface area contributed by atoms with Gasteiger partial charge in [0, 0.05) is 18.6 Å². The van der Waals surface area contributed by atoms with Gasteiger partial charge in [-0.05, 0) is 37.8 Å². The summed E-state index contributed by atoms with van der Waals surface area (Å²) in [5.74, 6) is 3.14. The van der Waals surface area contributed by atoms with Crippen molar-refractivity contribution in [2.75, 3.05) is 25.1 Å². The largest absolute Gasteiger partial charge is 0.329 e. The molecule has 0 fully saturated rings. The van der Waals surface area contributed by atoms with Crippen LogP contribution < -0.4 is 5.73 Å². The first-order valence-corrected chi connectivity index (χ1v) is 7.19. The van der Waals surface area contributed by atoms with Crippen LogP contribution in [0.25, 0.3) is 0 Å². The minimum Gasteiger partial charge on any atom is -0.329 e. The van der Waals surface area contributed by atoms with Gasteiger partial charge in [0.05, 0.1) is 0 Å². The second-order valence-corrected chi connectivity index (χ2v) is 5.92. The molecular formula is C12H28N2S. The lowest BCUT2D eigenvalue weighted by atomic mass is 10.0. The van der Waals surface area contributed by atoms with Crippen molar-refractivity contribution in [2.45, 2.75) is 46.2 Å². The summed E-state index contributed by atoms with van der Waals surface area (Å²) in [5, 5.41) is 0. The molecule has 0 spiro atoms. The Morgan fingerprint density at radius 3 is 2.27 bits per heavy atom. The highest BCUT2D eigenvalue weighted by molar-refractivity contribution is 7.99. The van der Waals surface area contributed by atoms with Crippen LogP contribution >= 0.6 is 11.8 Å². The summed E-state index contributed by atoms with van der Waals surface area (Å²) in [6.07, 6.45) is 1.21. The van der Waals surface area contributed by atoms with Crippen molar-refractivity contribution in [3.63, 3.8) is 0 Å². The lowest BCUT2D eigenvalue weighted by Crippen LogP contribution is -2.45. The molecule has 0 saturated heterocycles. The molecule has 0 aromatic carbocycles. The average molecular weight is 232 g/mol. The SMILES string of the molecule is CCSCCC(CN)N(C)C(C)C(C)C. The Hall–Kier alpha value is 0.270. The van der Waals surface area contributed by atoms with Crippen LogP contribution in [-0.4, -0.2) is 42.1 Å². The van der Waals surface area contributed by atoms with Crippen molar-refractivity contribution in [1.82, 2.24) is 4.90 Å². The van der Waals surface area contributed by atoms with E-state index in [0.29, 0.717) is 18.0 Å². The fourth-order valence-electron chi connectivity index (χ4n) is 1.65. The first-order chi connectivity index (χ1) is 7.04. The number of hydrogen-bond acceptors (Lipinski definition) is 3. The predicted octanol–water partition coefficient (Wildman–Crippen LogP) is 2.43. The van der Waals surface area contributed by atoms with E-state index in [1.54, 1.807) is 0 Å². The maximum Gasteiger partial charge on any atom is 0.0226 e. The summed E-state index contributed by atoms with van der Waals surface area (Å²) in [7, 11) is 2.21. The minimum absolute atomic E-state index is 0.543. The molecule has 0 aliphatic rings. The van der Waals surface area contributed by atoms with Gasteiger partial charge in [0.2, 0.25) is 0 Å². The summed E-state index contributed by atoms with van der Waals surface area (Å²) in [4.78, 5) is 2.45. The zero-order chi connectivity index (χ0) is 11.8. The second-order valence-electron chi connectivity index (χ2n) is 4.53. The van der Waals surface area contributed by atoms with Crippen molar-refractivity contribution in [3.8, 4) is 0 Å². The van der Waals surface area contributed by atoms with E-state index in [9.17, 15) is 0 Å². The van der Waals surface area contributed by atoms with Crippen LogP contribution in [0.3, 0.4) is 0 Å². The van der Waals surface area contributed by atoms with E-state index in [4.69, 9.17) is 5.73 Å².